The zero-order valence-electron chi connectivity index (χ0n) is 11.1. The smallest absolute Gasteiger partial charge is 0.262 e. The molecule has 4 heteroatoms. The first-order chi connectivity index (χ1) is 9.31. The summed E-state index contributed by atoms with van der Waals surface area (Å²) in [5, 5.41) is 5.06. The zero-order chi connectivity index (χ0) is 13.5. The summed E-state index contributed by atoms with van der Waals surface area (Å²) < 4.78 is 0. The first kappa shape index (κ1) is 14.1. The molecule has 19 heavy (non-hydrogen) atoms. The Bertz CT molecular complexity index is 476. The van der Waals surface area contributed by atoms with E-state index in [0.29, 0.717) is 17.5 Å². The summed E-state index contributed by atoms with van der Waals surface area (Å²) in [4.78, 5) is 13.0. The molecule has 0 aromatic carbocycles. The molecule has 1 aromatic rings. The highest BCUT2D eigenvalue weighted by atomic mass is 32.1. The van der Waals surface area contributed by atoms with Crippen molar-refractivity contribution in [2.45, 2.75) is 44.6 Å². The monoisotopic (exact) mass is 276 g/mol. The van der Waals surface area contributed by atoms with Crippen LogP contribution >= 0.6 is 11.3 Å². The average Bonchev–Trinajstić information content (AvgIpc) is 2.74. The van der Waals surface area contributed by atoms with Crippen LogP contribution in [0.25, 0.3) is 0 Å². The van der Waals surface area contributed by atoms with Crippen LogP contribution < -0.4 is 11.1 Å². The van der Waals surface area contributed by atoms with Gasteiger partial charge in [-0.15, -0.1) is 11.3 Å². The molecular weight excluding hydrogens is 256 g/mol. The van der Waals surface area contributed by atoms with Gasteiger partial charge < -0.3 is 11.1 Å². The maximum atomic E-state index is 12.3. The molecule has 1 aromatic heterocycles. The molecule has 3 N–H and O–H groups in total. The Morgan fingerprint density at radius 3 is 2.79 bits per heavy atom. The standard InChI is InChI=1S/C15H20N2OS/c16-10-5-6-12-9-11-19-14(12)15(18)17-13-7-3-1-2-4-8-13/h9,11,13H,1-4,7-8,10,16H2,(H,17,18). The number of carbonyl (C=O) groups excluding carboxylic acids is 1. The molecule has 3 nitrogen and oxygen atoms in total. The highest BCUT2D eigenvalue weighted by Gasteiger charge is 2.18. The van der Waals surface area contributed by atoms with Crippen molar-refractivity contribution in [1.82, 2.24) is 5.32 Å². The molecule has 0 aliphatic heterocycles. The van der Waals surface area contributed by atoms with E-state index in [1.54, 1.807) is 0 Å². The predicted molar refractivity (Wildman–Crippen MR) is 79.2 cm³/mol. The van der Waals surface area contributed by atoms with Crippen molar-refractivity contribution in [3.63, 3.8) is 0 Å². The molecule has 1 amide bonds. The number of rotatable bonds is 2. The number of nitrogens with two attached hydrogens (primary N) is 1. The van der Waals surface area contributed by atoms with Crippen molar-refractivity contribution in [1.29, 1.82) is 0 Å². The third-order valence-electron chi connectivity index (χ3n) is 3.39. The number of amides is 1. The van der Waals surface area contributed by atoms with Crippen molar-refractivity contribution in [3.8, 4) is 11.8 Å². The Labute approximate surface area is 118 Å². The van der Waals surface area contributed by atoms with Crippen molar-refractivity contribution in [2.75, 3.05) is 6.54 Å². The molecule has 1 aliphatic carbocycles. The summed E-state index contributed by atoms with van der Waals surface area (Å²) in [5.74, 6) is 5.78. The summed E-state index contributed by atoms with van der Waals surface area (Å²) >= 11 is 1.45. The van der Waals surface area contributed by atoms with Crippen molar-refractivity contribution >= 4 is 17.2 Å². The number of thiophene rings is 1. The highest BCUT2D eigenvalue weighted by molar-refractivity contribution is 7.12. The molecule has 1 heterocycles. The fourth-order valence-corrected chi connectivity index (χ4v) is 3.16. The average molecular weight is 276 g/mol. The molecule has 0 atom stereocenters. The Hall–Kier alpha value is -1.31. The first-order valence-electron chi connectivity index (χ1n) is 6.88. The lowest BCUT2D eigenvalue weighted by Crippen LogP contribution is -2.34. The van der Waals surface area contributed by atoms with Crippen LogP contribution in [0.2, 0.25) is 0 Å². The molecule has 0 spiro atoms. The molecule has 1 aliphatic rings. The normalized spacial score (nSPS) is 16.3. The van der Waals surface area contributed by atoms with Gasteiger partial charge in [-0.05, 0) is 24.3 Å². The summed E-state index contributed by atoms with van der Waals surface area (Å²) in [7, 11) is 0. The lowest BCUT2D eigenvalue weighted by Gasteiger charge is -2.15. The van der Waals surface area contributed by atoms with Crippen molar-refractivity contribution in [2.24, 2.45) is 5.73 Å². The minimum absolute atomic E-state index is 0.0169. The quantitative estimate of drug-likeness (QED) is 0.644. The molecule has 1 saturated carbocycles. The van der Waals surface area contributed by atoms with E-state index in [2.05, 4.69) is 17.2 Å². The SMILES string of the molecule is NCC#Cc1ccsc1C(=O)NC1CCCCCC1. The van der Waals surface area contributed by atoms with E-state index in [9.17, 15) is 4.79 Å². The van der Waals surface area contributed by atoms with Gasteiger partial charge in [0.25, 0.3) is 5.91 Å². The van der Waals surface area contributed by atoms with Crippen LogP contribution in [0.1, 0.15) is 53.8 Å². The maximum Gasteiger partial charge on any atom is 0.262 e. The zero-order valence-corrected chi connectivity index (χ0v) is 11.9. The topological polar surface area (TPSA) is 55.1 Å². The Kier molecular flexibility index (Phi) is 5.44. The molecule has 0 unspecified atom stereocenters. The molecule has 0 saturated heterocycles. The van der Waals surface area contributed by atoms with Crippen LogP contribution in [0.3, 0.4) is 0 Å². The number of carbonyl (C=O) groups is 1. The lowest BCUT2D eigenvalue weighted by atomic mass is 10.1. The Morgan fingerprint density at radius 2 is 2.11 bits per heavy atom. The van der Waals surface area contributed by atoms with Gasteiger partial charge in [0.15, 0.2) is 0 Å². The largest absolute Gasteiger partial charge is 0.349 e. The van der Waals surface area contributed by atoms with E-state index >= 15 is 0 Å². The van der Waals surface area contributed by atoms with E-state index in [4.69, 9.17) is 5.73 Å². The van der Waals surface area contributed by atoms with Crippen molar-refractivity contribution in [3.05, 3.63) is 21.9 Å². The summed E-state index contributed by atoms with van der Waals surface area (Å²) in [5.41, 5.74) is 6.16. The van der Waals surface area contributed by atoms with Gasteiger partial charge in [0, 0.05) is 11.6 Å². The fourth-order valence-electron chi connectivity index (χ4n) is 2.40. The van der Waals surface area contributed by atoms with E-state index < -0.39 is 0 Å². The van der Waals surface area contributed by atoms with Gasteiger partial charge in [0.05, 0.1) is 6.54 Å². The van der Waals surface area contributed by atoms with Crippen LogP contribution in [0.15, 0.2) is 11.4 Å². The first-order valence-corrected chi connectivity index (χ1v) is 7.76. The van der Waals surface area contributed by atoms with Gasteiger partial charge in [-0.2, -0.15) is 0 Å². The summed E-state index contributed by atoms with van der Waals surface area (Å²) in [6, 6.07) is 2.21. The Morgan fingerprint density at radius 1 is 1.37 bits per heavy atom. The minimum Gasteiger partial charge on any atom is -0.349 e. The second kappa shape index (κ2) is 7.32. The van der Waals surface area contributed by atoms with Gasteiger partial charge in [-0.3, -0.25) is 4.79 Å². The molecular formula is C15H20N2OS. The van der Waals surface area contributed by atoms with E-state index in [1.807, 2.05) is 11.4 Å². The summed E-state index contributed by atoms with van der Waals surface area (Å²) in [6.07, 6.45) is 7.21. The van der Waals surface area contributed by atoms with Gasteiger partial charge in [0.1, 0.15) is 4.88 Å². The van der Waals surface area contributed by atoms with Crippen LogP contribution in [0, 0.1) is 11.8 Å². The second-order valence-electron chi connectivity index (χ2n) is 4.83. The highest BCUT2D eigenvalue weighted by Crippen LogP contribution is 2.20. The third kappa shape index (κ3) is 4.09. The second-order valence-corrected chi connectivity index (χ2v) is 5.75. The molecule has 0 bridgehead atoms. The van der Waals surface area contributed by atoms with Gasteiger partial charge in [-0.1, -0.05) is 37.5 Å². The molecule has 2 rings (SSSR count). The van der Waals surface area contributed by atoms with Crippen molar-refractivity contribution < 1.29 is 4.79 Å². The van der Waals surface area contributed by atoms with Crippen LogP contribution in [-0.4, -0.2) is 18.5 Å². The predicted octanol–water partition coefficient (Wildman–Crippen LogP) is 2.51. The Balaban J connectivity index is 2.01. The number of hydrogen-bond donors (Lipinski definition) is 2. The maximum absolute atomic E-state index is 12.3. The van der Waals surface area contributed by atoms with Crippen LogP contribution in [0.4, 0.5) is 0 Å². The summed E-state index contributed by atoms with van der Waals surface area (Å²) in [6.45, 7) is 0.319. The molecule has 102 valence electrons. The van der Waals surface area contributed by atoms with E-state index in [1.165, 1.54) is 37.0 Å². The van der Waals surface area contributed by atoms with Gasteiger partial charge >= 0.3 is 0 Å². The number of nitrogens with one attached hydrogen (secondary N) is 1. The van der Waals surface area contributed by atoms with Gasteiger partial charge in [0.2, 0.25) is 0 Å². The third-order valence-corrected chi connectivity index (χ3v) is 4.30. The molecule has 0 radical (unpaired) electrons. The van der Waals surface area contributed by atoms with Gasteiger partial charge in [-0.25, -0.2) is 0 Å². The van der Waals surface area contributed by atoms with E-state index in [0.717, 1.165) is 18.4 Å². The number of hydrogen-bond acceptors (Lipinski definition) is 3. The molecule has 1 fully saturated rings. The van der Waals surface area contributed by atoms with Crippen LogP contribution in [0.5, 0.6) is 0 Å². The fraction of sp³-hybridized carbons (Fsp3) is 0.533. The lowest BCUT2D eigenvalue weighted by molar-refractivity contribution is 0.0937. The van der Waals surface area contributed by atoms with E-state index in [-0.39, 0.29) is 5.91 Å². The minimum atomic E-state index is 0.0169. The van der Waals surface area contributed by atoms with Crippen LogP contribution in [-0.2, 0) is 0 Å².